The highest BCUT2D eigenvalue weighted by molar-refractivity contribution is 8.02. The van der Waals surface area contributed by atoms with Gasteiger partial charge in [-0.2, -0.15) is 0 Å². The van der Waals surface area contributed by atoms with E-state index in [2.05, 4.69) is 10.3 Å². The topological polar surface area (TPSA) is 118 Å². The number of hydrogen-bond donors (Lipinski definition) is 1. The minimum atomic E-state index is -0.872. The Morgan fingerprint density at radius 2 is 2.00 bits per heavy atom. The molecule has 1 spiro atoms. The highest BCUT2D eigenvalue weighted by atomic mass is 32.2. The average molecular weight is 510 g/mol. The summed E-state index contributed by atoms with van der Waals surface area (Å²) in [7, 11) is 0. The van der Waals surface area contributed by atoms with Crippen LogP contribution in [0.15, 0.2) is 48.6 Å². The first-order valence-electron chi connectivity index (χ1n) is 12.2. The number of carbonyl (C=O) groups excluding carboxylic acids is 3. The van der Waals surface area contributed by atoms with Crippen LogP contribution in [0.2, 0.25) is 0 Å². The molecule has 0 radical (unpaired) electrons. The number of ether oxygens (including phenoxy) is 1. The van der Waals surface area contributed by atoms with Crippen LogP contribution in [0.3, 0.4) is 0 Å². The quantitative estimate of drug-likeness (QED) is 0.348. The Balaban J connectivity index is 1.38. The number of likely N-dealkylation sites (tertiary alicyclic amines) is 1. The Bertz CT molecular complexity index is 1280. The van der Waals surface area contributed by atoms with Crippen LogP contribution in [-0.4, -0.2) is 90.0 Å². The van der Waals surface area contributed by atoms with Gasteiger partial charge in [0.1, 0.15) is 24.8 Å². The Morgan fingerprint density at radius 1 is 1.14 bits per heavy atom. The van der Waals surface area contributed by atoms with E-state index in [1.54, 1.807) is 14.5 Å². The summed E-state index contributed by atoms with van der Waals surface area (Å²) >= 11 is 1.52. The van der Waals surface area contributed by atoms with E-state index in [0.717, 1.165) is 11.0 Å². The van der Waals surface area contributed by atoms with E-state index < -0.39 is 22.6 Å². The summed E-state index contributed by atoms with van der Waals surface area (Å²) in [6.07, 6.45) is 8.75. The fraction of sp³-hybridized carbons (Fsp3) is 0.480. The number of nitrogens with zero attached hydrogens (tertiary/aromatic N) is 5. The van der Waals surface area contributed by atoms with E-state index in [9.17, 15) is 19.5 Å². The molecule has 4 aliphatic rings. The zero-order chi connectivity index (χ0) is 24.9. The van der Waals surface area contributed by atoms with Crippen LogP contribution in [0.5, 0.6) is 0 Å². The van der Waals surface area contributed by atoms with Crippen molar-refractivity contribution in [1.29, 1.82) is 0 Å². The molecule has 11 heteroatoms. The molecule has 10 nitrogen and oxygen atoms in total. The van der Waals surface area contributed by atoms with E-state index in [4.69, 9.17) is 4.74 Å². The zero-order valence-corrected chi connectivity index (χ0v) is 20.4. The number of para-hydroxylation sites is 1. The normalized spacial score (nSPS) is 31.3. The smallest absolute Gasteiger partial charge is 0.311 e. The van der Waals surface area contributed by atoms with Crippen molar-refractivity contribution < 1.29 is 24.2 Å². The number of cyclic esters (lactones) is 1. The lowest BCUT2D eigenvalue weighted by molar-refractivity contribution is -0.151. The third-order valence-corrected chi connectivity index (χ3v) is 9.27. The summed E-state index contributed by atoms with van der Waals surface area (Å²) in [6.45, 7) is 1.09. The second kappa shape index (κ2) is 9.04. The van der Waals surface area contributed by atoms with Gasteiger partial charge in [0.05, 0.1) is 22.1 Å². The molecule has 1 aromatic carbocycles. The van der Waals surface area contributed by atoms with Gasteiger partial charge in [0.2, 0.25) is 11.8 Å². The standard InChI is InChI=1S/C25H27N5O5S/c31-13-4-3-12-29-21-23(33)28(15-30-17-8-2-1-7-16(17)26-27-30)11-6-10-25(21)20(22(29)32)19-18(36-25)9-5-14-35-24(19)34/h1-2,5-10,18-21,31H,3-4,11-15H2/t18-,19+,20+,21?,25+/m1/s1. The molecule has 5 atom stereocenters. The minimum Gasteiger partial charge on any atom is -0.461 e. The van der Waals surface area contributed by atoms with Crippen LogP contribution in [0.25, 0.3) is 11.0 Å². The number of rotatable bonds is 6. The van der Waals surface area contributed by atoms with Gasteiger partial charge in [0, 0.05) is 24.9 Å². The number of fused-ring (bicyclic) bond motifs is 3. The van der Waals surface area contributed by atoms with Gasteiger partial charge in [-0.15, -0.1) is 16.9 Å². The van der Waals surface area contributed by atoms with Crippen LogP contribution >= 0.6 is 11.8 Å². The molecule has 1 aromatic heterocycles. The first kappa shape index (κ1) is 23.2. The van der Waals surface area contributed by atoms with Crippen molar-refractivity contribution >= 4 is 40.6 Å². The fourth-order valence-electron chi connectivity index (χ4n) is 5.96. The van der Waals surface area contributed by atoms with Crippen molar-refractivity contribution in [2.45, 2.75) is 35.5 Å². The molecule has 0 aliphatic carbocycles. The maximum absolute atomic E-state index is 14.2. The van der Waals surface area contributed by atoms with Crippen LogP contribution in [-0.2, 0) is 25.8 Å². The Hall–Kier alpha value is -3.18. The maximum Gasteiger partial charge on any atom is 0.311 e. The SMILES string of the molecule is O=C1OCC=C[C@H]2S[C@]34C=CCN(Cn5nnc6ccccc65)C(=O)C3N(CCCCO)C(=O)[C@@H]4[C@@H]12. The van der Waals surface area contributed by atoms with Gasteiger partial charge in [0.25, 0.3) is 0 Å². The lowest BCUT2D eigenvalue weighted by Crippen LogP contribution is -2.53. The number of aromatic nitrogens is 3. The molecule has 2 fully saturated rings. The first-order chi connectivity index (χ1) is 17.5. The van der Waals surface area contributed by atoms with E-state index in [-0.39, 0.29) is 42.9 Å². The van der Waals surface area contributed by atoms with Gasteiger partial charge >= 0.3 is 5.97 Å². The molecular weight excluding hydrogens is 482 g/mol. The number of amides is 2. The highest BCUT2D eigenvalue weighted by Crippen LogP contribution is 2.60. The number of carbonyl (C=O) groups is 3. The van der Waals surface area contributed by atoms with Gasteiger partial charge in [-0.3, -0.25) is 14.4 Å². The van der Waals surface area contributed by atoms with E-state index in [1.807, 2.05) is 48.6 Å². The van der Waals surface area contributed by atoms with Gasteiger partial charge in [0.15, 0.2) is 0 Å². The largest absolute Gasteiger partial charge is 0.461 e. The number of hydrogen-bond acceptors (Lipinski definition) is 8. The molecule has 5 heterocycles. The predicted molar refractivity (Wildman–Crippen MR) is 131 cm³/mol. The predicted octanol–water partition coefficient (Wildman–Crippen LogP) is 0.970. The average Bonchev–Trinajstić information content (AvgIpc) is 3.42. The van der Waals surface area contributed by atoms with E-state index >= 15 is 0 Å². The first-order valence-corrected chi connectivity index (χ1v) is 13.1. The number of esters is 1. The van der Waals surface area contributed by atoms with Crippen LogP contribution in [0.1, 0.15) is 12.8 Å². The molecule has 2 amide bonds. The summed E-state index contributed by atoms with van der Waals surface area (Å²) < 4.78 is 6.21. The highest BCUT2D eigenvalue weighted by Gasteiger charge is 2.71. The van der Waals surface area contributed by atoms with Gasteiger partial charge in [-0.25, -0.2) is 4.68 Å². The summed E-state index contributed by atoms with van der Waals surface area (Å²) in [5.41, 5.74) is 1.56. The summed E-state index contributed by atoms with van der Waals surface area (Å²) in [6, 6.07) is 6.80. The second-order valence-electron chi connectivity index (χ2n) is 9.54. The Morgan fingerprint density at radius 3 is 2.86 bits per heavy atom. The molecule has 36 heavy (non-hydrogen) atoms. The third-order valence-electron chi connectivity index (χ3n) is 7.53. The number of thioether (sulfide) groups is 1. The van der Waals surface area contributed by atoms with Crippen molar-refractivity contribution in [2.75, 3.05) is 26.3 Å². The molecule has 2 saturated heterocycles. The molecular formula is C25H27N5O5S. The van der Waals surface area contributed by atoms with E-state index in [1.165, 1.54) is 11.8 Å². The molecule has 1 unspecified atom stereocenters. The lowest BCUT2D eigenvalue weighted by atomic mass is 9.78. The molecule has 0 saturated carbocycles. The van der Waals surface area contributed by atoms with Crippen LogP contribution < -0.4 is 0 Å². The fourth-order valence-corrected chi connectivity index (χ4v) is 7.96. The Labute approximate surface area is 211 Å². The third kappa shape index (κ3) is 3.47. The summed E-state index contributed by atoms with van der Waals surface area (Å²) in [5.74, 6) is -2.10. The van der Waals surface area contributed by atoms with Crippen molar-refractivity contribution in [1.82, 2.24) is 24.8 Å². The molecule has 2 aromatic rings. The lowest BCUT2D eigenvalue weighted by Gasteiger charge is -2.35. The van der Waals surface area contributed by atoms with Gasteiger partial charge in [-0.1, -0.05) is 41.7 Å². The summed E-state index contributed by atoms with van der Waals surface area (Å²) in [4.78, 5) is 44.4. The van der Waals surface area contributed by atoms with Gasteiger partial charge < -0.3 is 19.6 Å². The number of aliphatic hydroxyl groups excluding tert-OH is 1. The monoisotopic (exact) mass is 509 g/mol. The van der Waals surface area contributed by atoms with Crippen LogP contribution in [0.4, 0.5) is 0 Å². The number of unbranched alkanes of at least 4 members (excludes halogenated alkanes) is 1. The number of benzene rings is 1. The molecule has 0 bridgehead atoms. The maximum atomic E-state index is 14.2. The van der Waals surface area contributed by atoms with Crippen LogP contribution in [0, 0.1) is 11.8 Å². The van der Waals surface area contributed by atoms with Crippen molar-refractivity contribution in [3.05, 3.63) is 48.6 Å². The minimum absolute atomic E-state index is 0.0111. The van der Waals surface area contributed by atoms with Crippen molar-refractivity contribution in [2.24, 2.45) is 11.8 Å². The molecule has 6 rings (SSSR count). The second-order valence-corrected chi connectivity index (χ2v) is 11.0. The van der Waals surface area contributed by atoms with E-state index in [0.29, 0.717) is 25.9 Å². The number of aliphatic hydroxyl groups is 1. The van der Waals surface area contributed by atoms with Gasteiger partial charge in [-0.05, 0) is 25.0 Å². The molecule has 4 aliphatic heterocycles. The molecule has 1 N–H and O–H groups in total. The zero-order valence-electron chi connectivity index (χ0n) is 19.6. The van der Waals surface area contributed by atoms with Crippen molar-refractivity contribution in [3.8, 4) is 0 Å². The summed E-state index contributed by atoms with van der Waals surface area (Å²) in [5, 5.41) is 17.5. The molecule has 188 valence electrons. The Kier molecular flexibility index (Phi) is 5.83. The van der Waals surface area contributed by atoms with Crippen molar-refractivity contribution in [3.63, 3.8) is 0 Å².